The van der Waals surface area contributed by atoms with Crippen molar-refractivity contribution in [2.75, 3.05) is 0 Å². The molecule has 2 rings (SSSR count). The zero-order chi connectivity index (χ0) is 15.5. The Morgan fingerprint density at radius 2 is 0.909 bits per heavy atom. The molecule has 0 aromatic carbocycles. The second kappa shape index (κ2) is 10.8. The van der Waals surface area contributed by atoms with Crippen molar-refractivity contribution >= 4 is 15.1 Å². The van der Waals surface area contributed by atoms with E-state index in [2.05, 4.69) is 7.28 Å². The maximum Gasteiger partial charge on any atom is 0.111 e. The van der Waals surface area contributed by atoms with Gasteiger partial charge >= 0.3 is 0 Å². The fourth-order valence-corrected chi connectivity index (χ4v) is 4.56. The first kappa shape index (κ1) is 18.5. The molecular weight excluding hydrogens is 262 g/mol. The Kier molecular flexibility index (Phi) is 9.08. The van der Waals surface area contributed by atoms with E-state index in [4.69, 9.17) is 7.85 Å². The molecule has 0 unspecified atom stereocenters. The van der Waals surface area contributed by atoms with Gasteiger partial charge in [0.2, 0.25) is 0 Å². The van der Waals surface area contributed by atoms with E-state index >= 15 is 0 Å². The van der Waals surface area contributed by atoms with Gasteiger partial charge < -0.3 is 0 Å². The lowest BCUT2D eigenvalue weighted by Gasteiger charge is -2.34. The van der Waals surface area contributed by atoms with Crippen molar-refractivity contribution < 1.29 is 0 Å². The number of rotatable bonds is 2. The second-order valence-electron chi connectivity index (χ2n) is 8.19. The summed E-state index contributed by atoms with van der Waals surface area (Å²) < 4.78 is 0. The molecule has 0 nitrogen and oxygen atoms in total. The predicted octanol–water partition coefficient (Wildman–Crippen LogP) is 6.81. The summed E-state index contributed by atoms with van der Waals surface area (Å²) in [5.41, 5.74) is 0. The molecule has 2 aliphatic carbocycles. The largest absolute Gasteiger partial charge is 0.111 e. The summed E-state index contributed by atoms with van der Waals surface area (Å²) >= 11 is 0. The molecule has 3 radical (unpaired) electrons. The maximum absolute atomic E-state index is 6.88. The summed E-state index contributed by atoms with van der Waals surface area (Å²) in [6.07, 6.45) is 25.2. The average molecular weight is 299 g/mol. The normalized spacial score (nSPS) is 26.9. The minimum Gasteiger partial charge on any atom is -0.0907 e. The van der Waals surface area contributed by atoms with Crippen LogP contribution >= 0.6 is 0 Å². The van der Waals surface area contributed by atoms with Gasteiger partial charge in [0.05, 0.1) is 7.85 Å². The molecular formula is C20H37B2. The third kappa shape index (κ3) is 7.60. The SMILES string of the molecule is [B]C1([B]C2CCCCCCCCC2)CCCCCCCCC1. The Hall–Kier alpha value is 0.130. The van der Waals surface area contributed by atoms with Crippen LogP contribution in [0.5, 0.6) is 0 Å². The summed E-state index contributed by atoms with van der Waals surface area (Å²) in [4.78, 5) is 0. The highest BCUT2D eigenvalue weighted by molar-refractivity contribution is 6.55. The van der Waals surface area contributed by atoms with Crippen molar-refractivity contribution in [1.29, 1.82) is 0 Å². The molecule has 0 aromatic rings. The van der Waals surface area contributed by atoms with E-state index in [0.29, 0.717) is 0 Å². The van der Waals surface area contributed by atoms with Crippen LogP contribution in [0, 0.1) is 0 Å². The van der Waals surface area contributed by atoms with Gasteiger partial charge in [-0.3, -0.25) is 0 Å². The Morgan fingerprint density at radius 1 is 0.545 bits per heavy atom. The summed E-state index contributed by atoms with van der Waals surface area (Å²) in [7, 11) is 9.52. The molecule has 0 N–H and O–H groups in total. The highest BCUT2D eigenvalue weighted by atomic mass is 14.2. The molecule has 0 aliphatic heterocycles. The highest BCUT2D eigenvalue weighted by Crippen LogP contribution is 2.41. The van der Waals surface area contributed by atoms with Crippen molar-refractivity contribution in [2.24, 2.45) is 0 Å². The quantitative estimate of drug-likeness (QED) is 0.491. The fourth-order valence-electron chi connectivity index (χ4n) is 4.56. The lowest BCUT2D eigenvalue weighted by Crippen LogP contribution is -2.26. The van der Waals surface area contributed by atoms with Gasteiger partial charge in [-0.2, -0.15) is 0 Å². The zero-order valence-electron chi connectivity index (χ0n) is 15.0. The Morgan fingerprint density at radius 3 is 1.36 bits per heavy atom. The maximum atomic E-state index is 6.88. The van der Waals surface area contributed by atoms with Gasteiger partial charge in [0.15, 0.2) is 0 Å². The van der Waals surface area contributed by atoms with Crippen LogP contribution in [-0.2, 0) is 0 Å². The second-order valence-corrected chi connectivity index (χ2v) is 8.19. The van der Waals surface area contributed by atoms with E-state index in [0.717, 1.165) is 5.82 Å². The Balaban J connectivity index is 1.84. The van der Waals surface area contributed by atoms with Crippen LogP contribution in [0.1, 0.15) is 116 Å². The van der Waals surface area contributed by atoms with Crippen LogP contribution in [0.25, 0.3) is 0 Å². The summed E-state index contributed by atoms with van der Waals surface area (Å²) in [6.45, 7) is 0. The van der Waals surface area contributed by atoms with E-state index in [1.807, 2.05) is 0 Å². The smallest absolute Gasteiger partial charge is 0.0907 e. The molecule has 0 atom stereocenters. The summed E-state index contributed by atoms with van der Waals surface area (Å²) in [5.74, 6) is 0.797. The summed E-state index contributed by atoms with van der Waals surface area (Å²) in [5, 5.41) is 0.0477. The standard InChI is InChI=1S/C20H37B2/c21-20(17-13-9-5-2-6-10-14-18-20)22-19-15-11-7-3-1-4-8-12-16-19/h19H,1-18H2. The van der Waals surface area contributed by atoms with Crippen LogP contribution in [0.15, 0.2) is 0 Å². The fraction of sp³-hybridized carbons (Fsp3) is 1.00. The molecule has 22 heavy (non-hydrogen) atoms. The monoisotopic (exact) mass is 299 g/mol. The van der Waals surface area contributed by atoms with Gasteiger partial charge in [-0.05, 0) is 0 Å². The molecule has 0 amide bonds. The first-order valence-corrected chi connectivity index (χ1v) is 10.4. The minimum absolute atomic E-state index is 0.0477. The van der Waals surface area contributed by atoms with Crippen LogP contribution in [-0.4, -0.2) is 15.1 Å². The number of hydrogen-bond donors (Lipinski definition) is 0. The van der Waals surface area contributed by atoms with Gasteiger partial charge in [0.1, 0.15) is 7.28 Å². The molecule has 123 valence electrons. The molecule has 2 heteroatoms. The molecule has 0 aromatic heterocycles. The van der Waals surface area contributed by atoms with E-state index in [-0.39, 0.29) is 5.21 Å². The molecule has 0 bridgehead atoms. The van der Waals surface area contributed by atoms with E-state index < -0.39 is 0 Å². The molecule has 0 spiro atoms. The van der Waals surface area contributed by atoms with Crippen molar-refractivity contribution in [3.63, 3.8) is 0 Å². The van der Waals surface area contributed by atoms with Gasteiger partial charge in [0, 0.05) is 0 Å². The Labute approximate surface area is 142 Å². The average Bonchev–Trinajstić information content (AvgIpc) is 2.52. The molecule has 0 heterocycles. The first-order valence-electron chi connectivity index (χ1n) is 10.4. The minimum atomic E-state index is 0.0477. The van der Waals surface area contributed by atoms with E-state index in [1.165, 1.54) is 116 Å². The number of hydrogen-bond acceptors (Lipinski definition) is 0. The third-order valence-electron chi connectivity index (χ3n) is 6.00. The molecule has 2 fully saturated rings. The topological polar surface area (TPSA) is 0 Å². The van der Waals surface area contributed by atoms with Crippen LogP contribution in [0.3, 0.4) is 0 Å². The van der Waals surface area contributed by atoms with Crippen molar-refractivity contribution in [1.82, 2.24) is 0 Å². The van der Waals surface area contributed by atoms with Gasteiger partial charge in [-0.25, -0.2) is 0 Å². The van der Waals surface area contributed by atoms with Crippen LogP contribution < -0.4 is 0 Å². The first-order chi connectivity index (χ1) is 10.8. The van der Waals surface area contributed by atoms with Crippen LogP contribution in [0.2, 0.25) is 11.0 Å². The molecule has 2 saturated carbocycles. The van der Waals surface area contributed by atoms with E-state index in [1.54, 1.807) is 0 Å². The van der Waals surface area contributed by atoms with Crippen molar-refractivity contribution in [3.05, 3.63) is 0 Å². The lowest BCUT2D eigenvalue weighted by atomic mass is 9.34. The van der Waals surface area contributed by atoms with Crippen LogP contribution in [0.4, 0.5) is 0 Å². The molecule has 0 saturated heterocycles. The van der Waals surface area contributed by atoms with Gasteiger partial charge in [-0.1, -0.05) is 127 Å². The van der Waals surface area contributed by atoms with Crippen molar-refractivity contribution in [3.8, 4) is 0 Å². The van der Waals surface area contributed by atoms with Gasteiger partial charge in [0.25, 0.3) is 0 Å². The lowest BCUT2D eigenvalue weighted by molar-refractivity contribution is 0.464. The third-order valence-corrected chi connectivity index (χ3v) is 6.00. The Bertz CT molecular complexity index is 257. The predicted molar refractivity (Wildman–Crippen MR) is 101 cm³/mol. The summed E-state index contributed by atoms with van der Waals surface area (Å²) in [6, 6.07) is 0. The highest BCUT2D eigenvalue weighted by Gasteiger charge is 2.28. The zero-order valence-corrected chi connectivity index (χ0v) is 15.0. The van der Waals surface area contributed by atoms with Crippen molar-refractivity contribution in [2.45, 2.75) is 127 Å². The van der Waals surface area contributed by atoms with Gasteiger partial charge in [-0.15, -0.1) is 0 Å². The van der Waals surface area contributed by atoms with E-state index in [9.17, 15) is 0 Å². The molecule has 2 aliphatic rings.